The van der Waals surface area contributed by atoms with Gasteiger partial charge in [0.25, 0.3) is 0 Å². The second-order valence-electron chi connectivity index (χ2n) is 5.76. The Balaban J connectivity index is 1.83. The third-order valence-corrected chi connectivity index (χ3v) is 4.25. The standard InChI is InChI=1S/C17H26N2O4/c1-21-10-11-23-15-4-2-14(3-5-15)12-19-16(20)17(13-18)6-8-22-9-7-17/h2-5H,6-13,18H2,1H3,(H,19,20). The Labute approximate surface area is 137 Å². The highest BCUT2D eigenvalue weighted by atomic mass is 16.5. The van der Waals surface area contributed by atoms with E-state index >= 15 is 0 Å². The first kappa shape index (κ1) is 17.7. The molecule has 6 heteroatoms. The van der Waals surface area contributed by atoms with Gasteiger partial charge in [0.1, 0.15) is 12.4 Å². The molecule has 1 heterocycles. The number of hydrogen-bond acceptors (Lipinski definition) is 5. The number of amides is 1. The van der Waals surface area contributed by atoms with Crippen LogP contribution in [-0.4, -0.2) is 46.0 Å². The molecule has 1 aromatic rings. The predicted octanol–water partition coefficient (Wildman–Crippen LogP) is 1.08. The van der Waals surface area contributed by atoms with Gasteiger partial charge in [-0.1, -0.05) is 12.1 Å². The molecule has 1 aliphatic heterocycles. The van der Waals surface area contributed by atoms with Crippen molar-refractivity contribution in [2.75, 3.05) is 40.1 Å². The summed E-state index contributed by atoms with van der Waals surface area (Å²) in [5.41, 5.74) is 6.38. The zero-order chi connectivity index (χ0) is 16.5. The summed E-state index contributed by atoms with van der Waals surface area (Å²) < 4.78 is 15.8. The third-order valence-electron chi connectivity index (χ3n) is 4.25. The van der Waals surface area contributed by atoms with E-state index in [1.165, 1.54) is 0 Å². The number of methoxy groups -OCH3 is 1. The van der Waals surface area contributed by atoms with Crippen LogP contribution >= 0.6 is 0 Å². The van der Waals surface area contributed by atoms with Crippen molar-refractivity contribution < 1.29 is 19.0 Å². The van der Waals surface area contributed by atoms with Crippen molar-refractivity contribution in [1.29, 1.82) is 0 Å². The molecule has 1 fully saturated rings. The number of carbonyl (C=O) groups is 1. The molecule has 0 bridgehead atoms. The molecule has 2 rings (SSSR count). The molecule has 1 amide bonds. The molecule has 6 nitrogen and oxygen atoms in total. The van der Waals surface area contributed by atoms with E-state index in [0.717, 1.165) is 11.3 Å². The van der Waals surface area contributed by atoms with Crippen LogP contribution in [0.4, 0.5) is 0 Å². The number of hydrogen-bond donors (Lipinski definition) is 2. The van der Waals surface area contributed by atoms with Crippen LogP contribution in [0.3, 0.4) is 0 Å². The number of nitrogens with one attached hydrogen (secondary N) is 1. The fraction of sp³-hybridized carbons (Fsp3) is 0.588. The number of rotatable bonds is 8. The van der Waals surface area contributed by atoms with E-state index in [-0.39, 0.29) is 5.91 Å². The zero-order valence-electron chi connectivity index (χ0n) is 13.7. The molecule has 0 spiro atoms. The second kappa shape index (κ2) is 8.86. The summed E-state index contributed by atoms with van der Waals surface area (Å²) in [7, 11) is 1.64. The molecular weight excluding hydrogens is 296 g/mol. The van der Waals surface area contributed by atoms with Crippen molar-refractivity contribution >= 4 is 5.91 Å². The first-order valence-electron chi connectivity index (χ1n) is 7.97. The molecule has 0 aliphatic carbocycles. The summed E-state index contributed by atoms with van der Waals surface area (Å²) in [5.74, 6) is 0.809. The van der Waals surface area contributed by atoms with Gasteiger partial charge < -0.3 is 25.3 Å². The highest BCUT2D eigenvalue weighted by Crippen LogP contribution is 2.29. The largest absolute Gasteiger partial charge is 0.491 e. The lowest BCUT2D eigenvalue weighted by molar-refractivity contribution is -0.136. The molecule has 3 N–H and O–H groups in total. The second-order valence-corrected chi connectivity index (χ2v) is 5.76. The van der Waals surface area contributed by atoms with Crippen LogP contribution in [0.5, 0.6) is 5.75 Å². The smallest absolute Gasteiger partial charge is 0.227 e. The molecule has 1 saturated heterocycles. The van der Waals surface area contributed by atoms with Gasteiger partial charge in [-0.2, -0.15) is 0 Å². The number of carbonyl (C=O) groups excluding carboxylic acids is 1. The van der Waals surface area contributed by atoms with Gasteiger partial charge in [-0.3, -0.25) is 4.79 Å². The van der Waals surface area contributed by atoms with Crippen LogP contribution in [0.1, 0.15) is 18.4 Å². The third kappa shape index (κ3) is 4.92. The van der Waals surface area contributed by atoms with Gasteiger partial charge in [0.2, 0.25) is 5.91 Å². The van der Waals surface area contributed by atoms with E-state index in [9.17, 15) is 4.79 Å². The molecule has 1 aliphatic rings. The Morgan fingerprint density at radius 3 is 2.57 bits per heavy atom. The Morgan fingerprint density at radius 2 is 1.96 bits per heavy atom. The minimum atomic E-state index is -0.485. The van der Waals surface area contributed by atoms with Crippen molar-refractivity contribution in [1.82, 2.24) is 5.32 Å². The summed E-state index contributed by atoms with van der Waals surface area (Å²) in [6.45, 7) is 3.11. The van der Waals surface area contributed by atoms with Gasteiger partial charge in [-0.05, 0) is 30.5 Å². The maximum absolute atomic E-state index is 12.5. The monoisotopic (exact) mass is 322 g/mol. The van der Waals surface area contributed by atoms with Crippen LogP contribution < -0.4 is 15.8 Å². The van der Waals surface area contributed by atoms with Gasteiger partial charge >= 0.3 is 0 Å². The van der Waals surface area contributed by atoms with Crippen LogP contribution in [0.2, 0.25) is 0 Å². The Morgan fingerprint density at radius 1 is 1.26 bits per heavy atom. The van der Waals surface area contributed by atoms with E-state index < -0.39 is 5.41 Å². The molecule has 128 valence electrons. The highest BCUT2D eigenvalue weighted by molar-refractivity contribution is 5.83. The van der Waals surface area contributed by atoms with Crippen molar-refractivity contribution in [3.05, 3.63) is 29.8 Å². The fourth-order valence-corrected chi connectivity index (χ4v) is 2.60. The molecule has 1 aromatic carbocycles. The minimum absolute atomic E-state index is 0.0173. The maximum atomic E-state index is 12.5. The minimum Gasteiger partial charge on any atom is -0.491 e. The SMILES string of the molecule is COCCOc1ccc(CNC(=O)C2(CN)CCOCC2)cc1. The Hall–Kier alpha value is -1.63. The number of ether oxygens (including phenoxy) is 3. The maximum Gasteiger partial charge on any atom is 0.227 e. The molecular formula is C17H26N2O4. The quantitative estimate of drug-likeness (QED) is 0.700. The van der Waals surface area contributed by atoms with Crippen molar-refractivity contribution in [2.24, 2.45) is 11.1 Å². The van der Waals surface area contributed by atoms with E-state index in [1.807, 2.05) is 24.3 Å². The van der Waals surface area contributed by atoms with E-state index in [4.69, 9.17) is 19.9 Å². The van der Waals surface area contributed by atoms with E-state index in [1.54, 1.807) is 7.11 Å². The summed E-state index contributed by atoms with van der Waals surface area (Å²) in [6.07, 6.45) is 1.36. The molecule has 0 aromatic heterocycles. The average Bonchev–Trinajstić information content (AvgIpc) is 2.61. The summed E-state index contributed by atoms with van der Waals surface area (Å²) in [5, 5.41) is 3.00. The molecule has 23 heavy (non-hydrogen) atoms. The van der Waals surface area contributed by atoms with E-state index in [2.05, 4.69) is 5.32 Å². The Kier molecular flexibility index (Phi) is 6.83. The summed E-state index contributed by atoms with van der Waals surface area (Å²) in [6, 6.07) is 7.68. The van der Waals surface area contributed by atoms with Crippen molar-refractivity contribution in [2.45, 2.75) is 19.4 Å². The zero-order valence-corrected chi connectivity index (χ0v) is 13.7. The predicted molar refractivity (Wildman–Crippen MR) is 87.2 cm³/mol. The van der Waals surface area contributed by atoms with Crippen LogP contribution in [0.25, 0.3) is 0 Å². The normalized spacial score (nSPS) is 16.8. The lowest BCUT2D eigenvalue weighted by atomic mass is 9.79. The number of nitrogens with two attached hydrogens (primary N) is 1. The van der Waals surface area contributed by atoms with Gasteiger partial charge in [-0.25, -0.2) is 0 Å². The molecule has 0 saturated carbocycles. The molecule has 0 radical (unpaired) electrons. The highest BCUT2D eigenvalue weighted by Gasteiger charge is 2.38. The Bertz CT molecular complexity index is 484. The van der Waals surface area contributed by atoms with E-state index in [0.29, 0.717) is 52.4 Å². The lowest BCUT2D eigenvalue weighted by Crippen LogP contribution is -2.48. The molecule has 0 unspecified atom stereocenters. The first-order valence-corrected chi connectivity index (χ1v) is 7.97. The van der Waals surface area contributed by atoms with Gasteiger partial charge in [0.05, 0.1) is 12.0 Å². The fourth-order valence-electron chi connectivity index (χ4n) is 2.60. The van der Waals surface area contributed by atoms with Gasteiger partial charge in [0, 0.05) is 33.4 Å². The van der Waals surface area contributed by atoms with Gasteiger partial charge in [0.15, 0.2) is 0 Å². The topological polar surface area (TPSA) is 82.8 Å². The average molecular weight is 322 g/mol. The lowest BCUT2D eigenvalue weighted by Gasteiger charge is -2.34. The summed E-state index contributed by atoms with van der Waals surface area (Å²) >= 11 is 0. The first-order chi connectivity index (χ1) is 11.2. The molecule has 0 atom stereocenters. The number of benzene rings is 1. The van der Waals surface area contributed by atoms with Crippen LogP contribution in [-0.2, 0) is 20.8 Å². The van der Waals surface area contributed by atoms with Crippen LogP contribution in [0, 0.1) is 5.41 Å². The van der Waals surface area contributed by atoms with Crippen molar-refractivity contribution in [3.8, 4) is 5.75 Å². The summed E-state index contributed by atoms with van der Waals surface area (Å²) in [4.78, 5) is 12.5. The van der Waals surface area contributed by atoms with Gasteiger partial charge in [-0.15, -0.1) is 0 Å². The van der Waals surface area contributed by atoms with Crippen molar-refractivity contribution in [3.63, 3.8) is 0 Å². The van der Waals surface area contributed by atoms with Crippen LogP contribution in [0.15, 0.2) is 24.3 Å².